The standard InChI is InChI=1S/C14H18O2/c1-9-5-6-11-12(7-9)13(15-3)8-10(2)14(11)16-4/h5-8,13-14H,1-4H3/t13-,14-/m1/s1. The highest BCUT2D eigenvalue weighted by atomic mass is 16.5. The summed E-state index contributed by atoms with van der Waals surface area (Å²) in [5.41, 5.74) is 4.91. The number of rotatable bonds is 2. The van der Waals surface area contributed by atoms with Gasteiger partial charge in [-0.15, -0.1) is 0 Å². The molecule has 86 valence electrons. The number of hydrogen-bond acceptors (Lipinski definition) is 2. The molecule has 2 atom stereocenters. The lowest BCUT2D eigenvalue weighted by Crippen LogP contribution is -2.16. The molecule has 2 nitrogen and oxygen atoms in total. The fourth-order valence-corrected chi connectivity index (χ4v) is 2.35. The van der Waals surface area contributed by atoms with Crippen LogP contribution in [-0.2, 0) is 9.47 Å². The molecule has 1 aromatic carbocycles. The van der Waals surface area contributed by atoms with Gasteiger partial charge in [0.2, 0.25) is 0 Å². The van der Waals surface area contributed by atoms with Gasteiger partial charge >= 0.3 is 0 Å². The van der Waals surface area contributed by atoms with Crippen LogP contribution in [0.25, 0.3) is 0 Å². The second-order valence-electron chi connectivity index (χ2n) is 4.32. The smallest absolute Gasteiger partial charge is 0.103 e. The summed E-state index contributed by atoms with van der Waals surface area (Å²) >= 11 is 0. The van der Waals surface area contributed by atoms with E-state index in [0.29, 0.717) is 0 Å². The predicted molar refractivity (Wildman–Crippen MR) is 64.4 cm³/mol. The highest BCUT2D eigenvalue weighted by Crippen LogP contribution is 2.39. The Kier molecular flexibility index (Phi) is 3.13. The molecule has 1 aliphatic carbocycles. The zero-order valence-electron chi connectivity index (χ0n) is 10.3. The first-order valence-corrected chi connectivity index (χ1v) is 5.51. The van der Waals surface area contributed by atoms with Gasteiger partial charge in [0.15, 0.2) is 0 Å². The normalized spacial score (nSPS) is 23.9. The average Bonchev–Trinajstić information content (AvgIpc) is 2.28. The Morgan fingerprint density at radius 1 is 1.00 bits per heavy atom. The lowest BCUT2D eigenvalue weighted by molar-refractivity contribution is 0.103. The minimum Gasteiger partial charge on any atom is -0.373 e. The van der Waals surface area contributed by atoms with E-state index in [2.05, 4.69) is 38.1 Å². The van der Waals surface area contributed by atoms with Gasteiger partial charge in [0, 0.05) is 14.2 Å². The Bertz CT molecular complexity index is 421. The summed E-state index contributed by atoms with van der Waals surface area (Å²) in [5.74, 6) is 0. The van der Waals surface area contributed by atoms with Gasteiger partial charge < -0.3 is 9.47 Å². The second-order valence-corrected chi connectivity index (χ2v) is 4.32. The highest BCUT2D eigenvalue weighted by molar-refractivity contribution is 5.43. The molecular weight excluding hydrogens is 200 g/mol. The zero-order valence-corrected chi connectivity index (χ0v) is 10.3. The van der Waals surface area contributed by atoms with Crippen LogP contribution in [0.15, 0.2) is 29.8 Å². The van der Waals surface area contributed by atoms with Crippen molar-refractivity contribution in [2.45, 2.75) is 26.1 Å². The van der Waals surface area contributed by atoms with Crippen molar-refractivity contribution in [1.29, 1.82) is 0 Å². The Morgan fingerprint density at radius 2 is 1.75 bits per heavy atom. The van der Waals surface area contributed by atoms with Crippen molar-refractivity contribution in [1.82, 2.24) is 0 Å². The molecule has 0 bridgehead atoms. The van der Waals surface area contributed by atoms with Crippen molar-refractivity contribution in [3.05, 3.63) is 46.5 Å². The Hall–Kier alpha value is -1.12. The van der Waals surface area contributed by atoms with Crippen LogP contribution in [0, 0.1) is 6.92 Å². The summed E-state index contributed by atoms with van der Waals surface area (Å²) < 4.78 is 11.0. The monoisotopic (exact) mass is 218 g/mol. The third-order valence-electron chi connectivity index (χ3n) is 3.15. The molecule has 0 fully saturated rings. The van der Waals surface area contributed by atoms with E-state index in [1.54, 1.807) is 14.2 Å². The van der Waals surface area contributed by atoms with E-state index in [4.69, 9.17) is 9.47 Å². The van der Waals surface area contributed by atoms with Gasteiger partial charge in [-0.05, 0) is 36.6 Å². The maximum absolute atomic E-state index is 5.54. The van der Waals surface area contributed by atoms with E-state index in [9.17, 15) is 0 Å². The fourth-order valence-electron chi connectivity index (χ4n) is 2.35. The van der Waals surface area contributed by atoms with E-state index in [1.165, 1.54) is 22.3 Å². The van der Waals surface area contributed by atoms with Crippen LogP contribution in [0.1, 0.15) is 35.8 Å². The summed E-state index contributed by atoms with van der Waals surface area (Å²) in [7, 11) is 3.49. The minimum absolute atomic E-state index is 0.0568. The molecule has 16 heavy (non-hydrogen) atoms. The number of ether oxygens (including phenoxy) is 2. The van der Waals surface area contributed by atoms with Gasteiger partial charge in [-0.3, -0.25) is 0 Å². The summed E-state index contributed by atoms with van der Waals surface area (Å²) in [4.78, 5) is 0. The van der Waals surface area contributed by atoms with Crippen LogP contribution < -0.4 is 0 Å². The lowest BCUT2D eigenvalue weighted by atomic mass is 9.87. The van der Waals surface area contributed by atoms with Gasteiger partial charge in [0.05, 0.1) is 0 Å². The summed E-state index contributed by atoms with van der Waals surface area (Å²) in [6.07, 6.45) is 2.26. The quantitative estimate of drug-likeness (QED) is 0.709. The molecular formula is C14H18O2. The van der Waals surface area contributed by atoms with E-state index in [0.717, 1.165) is 0 Å². The third kappa shape index (κ3) is 1.79. The molecule has 0 saturated carbocycles. The highest BCUT2D eigenvalue weighted by Gasteiger charge is 2.26. The number of aryl methyl sites for hydroxylation is 1. The van der Waals surface area contributed by atoms with Crippen LogP contribution in [0.3, 0.4) is 0 Å². The third-order valence-corrected chi connectivity index (χ3v) is 3.15. The number of benzene rings is 1. The molecule has 0 aliphatic heterocycles. The predicted octanol–water partition coefficient (Wildman–Crippen LogP) is 3.33. The van der Waals surface area contributed by atoms with Gasteiger partial charge in [0.25, 0.3) is 0 Å². The van der Waals surface area contributed by atoms with Crippen LogP contribution in [-0.4, -0.2) is 14.2 Å². The topological polar surface area (TPSA) is 18.5 Å². The summed E-state index contributed by atoms with van der Waals surface area (Å²) in [6.45, 7) is 4.18. The summed E-state index contributed by atoms with van der Waals surface area (Å²) in [6, 6.07) is 6.44. The van der Waals surface area contributed by atoms with Crippen molar-refractivity contribution in [2.24, 2.45) is 0 Å². The van der Waals surface area contributed by atoms with Crippen molar-refractivity contribution < 1.29 is 9.47 Å². The van der Waals surface area contributed by atoms with Gasteiger partial charge in [-0.2, -0.15) is 0 Å². The Labute approximate surface area is 96.9 Å². The molecule has 0 radical (unpaired) electrons. The number of fused-ring (bicyclic) bond motifs is 1. The van der Waals surface area contributed by atoms with Gasteiger partial charge in [0.1, 0.15) is 12.2 Å². The van der Waals surface area contributed by atoms with Crippen LogP contribution in [0.5, 0.6) is 0 Å². The molecule has 2 rings (SSSR count). The molecule has 0 aromatic heterocycles. The van der Waals surface area contributed by atoms with Crippen LogP contribution in [0.4, 0.5) is 0 Å². The van der Waals surface area contributed by atoms with Crippen molar-refractivity contribution in [3.8, 4) is 0 Å². The van der Waals surface area contributed by atoms with E-state index >= 15 is 0 Å². The SMILES string of the molecule is CO[C@@H]1C(C)=C[C@@H](OC)c2cc(C)ccc21. The van der Waals surface area contributed by atoms with Gasteiger partial charge in [-0.1, -0.05) is 23.8 Å². The maximum atomic E-state index is 5.54. The zero-order chi connectivity index (χ0) is 11.7. The Morgan fingerprint density at radius 3 is 2.38 bits per heavy atom. The molecule has 0 N–H and O–H groups in total. The van der Waals surface area contributed by atoms with Crippen molar-refractivity contribution >= 4 is 0 Å². The Balaban J connectivity index is 2.54. The number of hydrogen-bond donors (Lipinski definition) is 0. The molecule has 0 unspecified atom stereocenters. The van der Waals surface area contributed by atoms with Crippen LogP contribution in [0.2, 0.25) is 0 Å². The van der Waals surface area contributed by atoms with Crippen LogP contribution >= 0.6 is 0 Å². The lowest BCUT2D eigenvalue weighted by Gasteiger charge is -2.29. The molecule has 0 saturated heterocycles. The summed E-state index contributed by atoms with van der Waals surface area (Å²) in [5, 5.41) is 0. The fraction of sp³-hybridized carbons (Fsp3) is 0.429. The molecule has 1 aliphatic rings. The molecule has 2 heteroatoms. The first kappa shape index (κ1) is 11.4. The van der Waals surface area contributed by atoms with E-state index in [1.807, 2.05) is 0 Å². The van der Waals surface area contributed by atoms with Crippen molar-refractivity contribution in [3.63, 3.8) is 0 Å². The van der Waals surface area contributed by atoms with Gasteiger partial charge in [-0.25, -0.2) is 0 Å². The molecule has 0 amide bonds. The first-order chi connectivity index (χ1) is 7.67. The van der Waals surface area contributed by atoms with E-state index < -0.39 is 0 Å². The molecule has 0 spiro atoms. The second kappa shape index (κ2) is 4.40. The molecule has 1 aromatic rings. The largest absolute Gasteiger partial charge is 0.373 e. The van der Waals surface area contributed by atoms with E-state index in [-0.39, 0.29) is 12.2 Å². The molecule has 0 heterocycles. The average molecular weight is 218 g/mol. The first-order valence-electron chi connectivity index (χ1n) is 5.51. The minimum atomic E-state index is 0.0568. The van der Waals surface area contributed by atoms with Crippen molar-refractivity contribution in [2.75, 3.05) is 14.2 Å². The number of methoxy groups -OCH3 is 2. The maximum Gasteiger partial charge on any atom is 0.103 e.